The molecule has 1 atom stereocenters. The predicted octanol–water partition coefficient (Wildman–Crippen LogP) is 5.05. The Labute approximate surface area is 231 Å². The summed E-state index contributed by atoms with van der Waals surface area (Å²) < 4.78 is 6.96. The average Bonchev–Trinajstić information content (AvgIpc) is 3.25. The van der Waals surface area contributed by atoms with Crippen molar-refractivity contribution in [1.29, 1.82) is 0 Å². The first-order valence-electron chi connectivity index (χ1n) is 13.0. The first kappa shape index (κ1) is 26.6. The number of anilines is 1. The number of pyridine rings is 1. The van der Waals surface area contributed by atoms with E-state index in [9.17, 15) is 9.59 Å². The van der Waals surface area contributed by atoms with E-state index in [1.807, 2.05) is 56.0 Å². The van der Waals surface area contributed by atoms with Gasteiger partial charge in [0.2, 0.25) is 5.91 Å². The van der Waals surface area contributed by atoms with Gasteiger partial charge in [0.1, 0.15) is 11.6 Å². The molecule has 10 heteroatoms. The molecule has 0 radical (unpaired) electrons. The molecule has 0 unspecified atom stereocenters. The number of halogens is 1. The van der Waals surface area contributed by atoms with E-state index in [1.54, 1.807) is 9.47 Å². The number of aromatic nitrogens is 4. The summed E-state index contributed by atoms with van der Waals surface area (Å²) in [7, 11) is 0. The van der Waals surface area contributed by atoms with Crippen LogP contribution in [0.15, 0.2) is 52.3 Å². The van der Waals surface area contributed by atoms with Gasteiger partial charge in [0.05, 0.1) is 33.0 Å². The average molecular weight is 547 g/mol. The maximum Gasteiger partial charge on any atom is 0.355 e. The van der Waals surface area contributed by atoms with Crippen LogP contribution in [0.2, 0.25) is 5.02 Å². The zero-order chi connectivity index (χ0) is 28.0. The predicted molar refractivity (Wildman–Crippen MR) is 153 cm³/mol. The van der Waals surface area contributed by atoms with Crippen molar-refractivity contribution in [3.8, 4) is 16.9 Å². The molecule has 0 N–H and O–H groups in total. The Morgan fingerprint density at radius 1 is 1.21 bits per heavy atom. The van der Waals surface area contributed by atoms with Gasteiger partial charge in [-0.2, -0.15) is 4.98 Å². The zero-order valence-electron chi connectivity index (χ0n) is 22.7. The number of para-hydroxylation sites is 1. The van der Waals surface area contributed by atoms with Gasteiger partial charge in [-0.25, -0.2) is 14.3 Å². The molecule has 0 spiro atoms. The largest absolute Gasteiger partial charge is 0.361 e. The summed E-state index contributed by atoms with van der Waals surface area (Å²) >= 11 is 6.86. The smallest absolute Gasteiger partial charge is 0.355 e. The van der Waals surface area contributed by atoms with Gasteiger partial charge < -0.3 is 14.3 Å². The maximum atomic E-state index is 13.9. The van der Waals surface area contributed by atoms with E-state index in [0.717, 1.165) is 11.3 Å². The lowest BCUT2D eigenvalue weighted by Crippen LogP contribution is -2.54. The highest BCUT2D eigenvalue weighted by molar-refractivity contribution is 6.34. The van der Waals surface area contributed by atoms with Crippen LogP contribution < -0.4 is 10.6 Å². The summed E-state index contributed by atoms with van der Waals surface area (Å²) in [5.41, 5.74) is 3.55. The third kappa shape index (κ3) is 4.61. The number of piperazine rings is 1. The minimum absolute atomic E-state index is 0.0995. The van der Waals surface area contributed by atoms with Crippen molar-refractivity contribution >= 4 is 34.4 Å². The van der Waals surface area contributed by atoms with Gasteiger partial charge in [-0.05, 0) is 50.5 Å². The number of hydrogen-bond acceptors (Lipinski definition) is 7. The van der Waals surface area contributed by atoms with Crippen molar-refractivity contribution < 1.29 is 9.32 Å². The molecule has 1 amide bonds. The Morgan fingerprint density at radius 2 is 1.95 bits per heavy atom. The molecule has 9 nitrogen and oxygen atoms in total. The van der Waals surface area contributed by atoms with Crippen LogP contribution in [-0.4, -0.2) is 56.2 Å². The van der Waals surface area contributed by atoms with E-state index < -0.39 is 5.69 Å². The topological polar surface area (TPSA) is 97.4 Å². The Morgan fingerprint density at radius 3 is 2.59 bits per heavy atom. The Bertz CT molecular complexity index is 1640. The lowest BCUT2D eigenvalue weighted by atomic mass is 10.0. The lowest BCUT2D eigenvalue weighted by molar-refractivity contribution is -0.126. The molecule has 5 rings (SSSR count). The van der Waals surface area contributed by atoms with Crippen molar-refractivity contribution in [3.05, 3.63) is 75.5 Å². The van der Waals surface area contributed by atoms with Crippen LogP contribution in [0.25, 0.3) is 28.0 Å². The van der Waals surface area contributed by atoms with Gasteiger partial charge in [-0.15, -0.1) is 0 Å². The molecule has 0 bridgehead atoms. The Hall–Kier alpha value is -3.98. The van der Waals surface area contributed by atoms with Crippen molar-refractivity contribution in [2.75, 3.05) is 24.5 Å². The minimum atomic E-state index is -0.443. The van der Waals surface area contributed by atoms with Gasteiger partial charge >= 0.3 is 5.69 Å². The monoisotopic (exact) mass is 546 g/mol. The Balaban J connectivity index is 1.79. The molecule has 0 saturated carbocycles. The third-order valence-corrected chi connectivity index (χ3v) is 7.55. The molecule has 4 aromatic rings. The van der Waals surface area contributed by atoms with Crippen molar-refractivity contribution in [3.63, 3.8) is 0 Å². The molecule has 1 aromatic carbocycles. The summed E-state index contributed by atoms with van der Waals surface area (Å²) in [6, 6.07) is 9.49. The standard InChI is InChI=1S/C29H31ClN6O3/c1-7-24(37)34-12-13-35(17(4)15-34)27-21-14-22(30)26(25-18(5)33-39-19(25)6)31-28(21)36(29(38)32-27)23-11-9-8-10-20(23)16(2)3/h7-11,14,16-17H,1,12-13,15H2,2-6H3/t17-/m0/s1. The number of fused-ring (bicyclic) bond motifs is 1. The molecular weight excluding hydrogens is 516 g/mol. The molecule has 39 heavy (non-hydrogen) atoms. The fourth-order valence-electron chi connectivity index (χ4n) is 5.32. The summed E-state index contributed by atoms with van der Waals surface area (Å²) in [6.45, 7) is 14.9. The lowest BCUT2D eigenvalue weighted by Gasteiger charge is -2.40. The quantitative estimate of drug-likeness (QED) is 0.323. The highest BCUT2D eigenvalue weighted by Gasteiger charge is 2.30. The summed E-state index contributed by atoms with van der Waals surface area (Å²) in [4.78, 5) is 39.5. The number of nitrogens with zero attached hydrogens (tertiary/aromatic N) is 6. The number of amides is 1. The second kappa shape index (κ2) is 10.3. The molecular formula is C29H31ClN6O3. The normalized spacial score (nSPS) is 15.8. The maximum absolute atomic E-state index is 13.9. The van der Waals surface area contributed by atoms with E-state index in [0.29, 0.717) is 64.2 Å². The van der Waals surface area contributed by atoms with Crippen LogP contribution in [-0.2, 0) is 4.79 Å². The van der Waals surface area contributed by atoms with E-state index >= 15 is 0 Å². The first-order chi connectivity index (χ1) is 18.6. The minimum Gasteiger partial charge on any atom is -0.361 e. The molecule has 3 aromatic heterocycles. The third-order valence-electron chi connectivity index (χ3n) is 7.26. The highest BCUT2D eigenvalue weighted by Crippen LogP contribution is 2.37. The molecule has 202 valence electrons. The van der Waals surface area contributed by atoms with E-state index in [1.165, 1.54) is 6.08 Å². The molecule has 1 aliphatic heterocycles. The van der Waals surface area contributed by atoms with Gasteiger partial charge in [0.25, 0.3) is 0 Å². The number of carbonyl (C=O) groups excluding carboxylic acids is 1. The molecule has 4 heterocycles. The summed E-state index contributed by atoms with van der Waals surface area (Å²) in [5, 5.41) is 5.12. The van der Waals surface area contributed by atoms with Gasteiger partial charge in [0.15, 0.2) is 5.65 Å². The van der Waals surface area contributed by atoms with Crippen LogP contribution in [0.3, 0.4) is 0 Å². The second-order valence-electron chi connectivity index (χ2n) is 10.2. The second-order valence-corrected chi connectivity index (χ2v) is 10.6. The van der Waals surface area contributed by atoms with Gasteiger partial charge in [-0.1, -0.05) is 55.4 Å². The number of hydrogen-bond donors (Lipinski definition) is 0. The number of benzene rings is 1. The molecule has 1 fully saturated rings. The van der Waals surface area contributed by atoms with E-state index in [4.69, 9.17) is 21.1 Å². The van der Waals surface area contributed by atoms with Crippen molar-refractivity contribution in [2.24, 2.45) is 0 Å². The highest BCUT2D eigenvalue weighted by atomic mass is 35.5. The van der Waals surface area contributed by atoms with Crippen LogP contribution in [0.5, 0.6) is 0 Å². The number of carbonyl (C=O) groups is 1. The van der Waals surface area contributed by atoms with Crippen LogP contribution in [0.1, 0.15) is 43.7 Å². The van der Waals surface area contributed by atoms with E-state index in [-0.39, 0.29) is 17.9 Å². The van der Waals surface area contributed by atoms with Crippen molar-refractivity contribution in [1.82, 2.24) is 24.6 Å². The number of rotatable bonds is 5. The van der Waals surface area contributed by atoms with Crippen LogP contribution in [0, 0.1) is 13.8 Å². The number of aryl methyl sites for hydroxylation is 2. The van der Waals surface area contributed by atoms with Crippen LogP contribution >= 0.6 is 11.6 Å². The first-order valence-corrected chi connectivity index (χ1v) is 13.3. The van der Waals surface area contributed by atoms with Crippen LogP contribution in [0.4, 0.5) is 5.82 Å². The SMILES string of the molecule is C=CC(=O)N1CCN(c2nc(=O)n(-c3ccccc3C(C)C)c3nc(-c4c(C)noc4C)c(Cl)cc23)[C@@H](C)C1. The molecule has 0 aliphatic carbocycles. The van der Waals surface area contributed by atoms with Crippen molar-refractivity contribution in [2.45, 2.75) is 46.6 Å². The Kier molecular flexibility index (Phi) is 7.03. The fourth-order valence-corrected chi connectivity index (χ4v) is 5.56. The van der Waals surface area contributed by atoms with E-state index in [2.05, 4.69) is 30.6 Å². The van der Waals surface area contributed by atoms with Gasteiger partial charge in [0, 0.05) is 25.7 Å². The zero-order valence-corrected chi connectivity index (χ0v) is 23.5. The fraction of sp³-hybridized carbons (Fsp3) is 0.345. The summed E-state index contributed by atoms with van der Waals surface area (Å²) in [5.74, 6) is 1.12. The summed E-state index contributed by atoms with van der Waals surface area (Å²) in [6.07, 6.45) is 1.32. The van der Waals surface area contributed by atoms with Gasteiger partial charge in [-0.3, -0.25) is 4.79 Å². The molecule has 1 aliphatic rings. The molecule has 1 saturated heterocycles.